The molecule has 9 rings (SSSR count). The third kappa shape index (κ3) is 10.5. The van der Waals surface area contributed by atoms with Gasteiger partial charge < -0.3 is 24.9 Å². The molecular formula is C54H46N8O9S3. The maximum Gasteiger partial charge on any atom is 0.356 e. The van der Waals surface area contributed by atoms with E-state index in [2.05, 4.69) is 26.0 Å². The lowest BCUT2D eigenvalue weighted by molar-refractivity contribution is -0.154. The molecule has 0 radical (unpaired) electrons. The van der Waals surface area contributed by atoms with Crippen LogP contribution in [0.15, 0.2) is 183 Å². The quantitative estimate of drug-likeness (QED) is 0.0115. The van der Waals surface area contributed by atoms with Gasteiger partial charge in [-0.05, 0) is 33.4 Å². The number of anilines is 1. The Balaban J connectivity index is 1.01. The Hall–Kier alpha value is -8.33. The predicted molar refractivity (Wildman–Crippen MR) is 283 cm³/mol. The van der Waals surface area contributed by atoms with E-state index in [0.29, 0.717) is 21.8 Å². The fourth-order valence-electron chi connectivity index (χ4n) is 8.85. The Morgan fingerprint density at radius 1 is 0.838 bits per heavy atom. The maximum absolute atomic E-state index is 14.8. The van der Waals surface area contributed by atoms with Crippen molar-refractivity contribution in [2.75, 3.05) is 24.8 Å². The first kappa shape index (κ1) is 50.6. The number of nitrogens with zero attached hydrogens (tertiary/aromatic N) is 5. The fourth-order valence-corrected chi connectivity index (χ4v) is 11.3. The number of thioether (sulfide) groups is 1. The van der Waals surface area contributed by atoms with Gasteiger partial charge in [0.05, 0.1) is 11.4 Å². The van der Waals surface area contributed by atoms with Crippen molar-refractivity contribution in [2.24, 2.45) is 5.16 Å². The topological polar surface area (TPSA) is 216 Å². The molecule has 4 heterocycles. The molecule has 2 aliphatic heterocycles. The van der Waals surface area contributed by atoms with E-state index >= 15 is 0 Å². The third-order valence-electron chi connectivity index (χ3n) is 12.2. The van der Waals surface area contributed by atoms with Gasteiger partial charge >= 0.3 is 23.1 Å². The van der Waals surface area contributed by atoms with E-state index in [4.69, 9.17) is 31.5 Å². The van der Waals surface area contributed by atoms with E-state index in [-0.39, 0.29) is 53.1 Å². The average molecular weight is 1050 g/mol. The molecule has 1 fully saturated rings. The lowest BCUT2D eigenvalue weighted by Crippen LogP contribution is -2.71. The van der Waals surface area contributed by atoms with Crippen LogP contribution in [0, 0.1) is 0 Å². The van der Waals surface area contributed by atoms with Crippen molar-refractivity contribution in [1.82, 2.24) is 30.0 Å². The standard InChI is InChI=1S/C54H46N8O9S3/c1-33(63)70-29-28-61-46(58-59-48(65)50(61)67)41(72)30-36-31-73-51-43(49(66)62(51)44(36)52(68)71-45(34-18-8-3-9-19-34)35-20-10-4-11-21-35)56-47(64)42(60-69-2)40-32-74-53(55-40)57-54(37-22-12-5-13-23-37,38-24-14-6-15-25-38)39-26-16-7-17-27-39/h3-27,32,43,45,51H,28-31H2,1-2H3,(H,55,57)(H,56,64)(H,59,65). The van der Waals surface area contributed by atoms with Gasteiger partial charge in [0, 0.05) is 24.5 Å². The number of rotatable bonds is 19. The zero-order chi connectivity index (χ0) is 51.8. The van der Waals surface area contributed by atoms with E-state index in [0.717, 1.165) is 21.3 Å². The number of ether oxygens (including phenoxy) is 2. The number of aromatic nitrogens is 4. The number of H-pyrrole nitrogens is 1. The highest BCUT2D eigenvalue weighted by molar-refractivity contribution is 8.00. The molecule has 5 aromatic carbocycles. The molecule has 2 aliphatic rings. The van der Waals surface area contributed by atoms with Gasteiger partial charge in [0.25, 0.3) is 11.8 Å². The molecule has 2 unspecified atom stereocenters. The van der Waals surface area contributed by atoms with Crippen LogP contribution in [0.25, 0.3) is 0 Å². The summed E-state index contributed by atoms with van der Waals surface area (Å²) < 4.78 is 12.4. The molecule has 374 valence electrons. The van der Waals surface area contributed by atoms with Gasteiger partial charge in [0.2, 0.25) is 0 Å². The smallest absolute Gasteiger partial charge is 0.356 e. The van der Waals surface area contributed by atoms with Crippen molar-refractivity contribution < 1.29 is 33.5 Å². The number of thiazole rings is 1. The van der Waals surface area contributed by atoms with Crippen LogP contribution >= 0.6 is 35.3 Å². The minimum Gasteiger partial charge on any atom is -0.464 e. The molecule has 2 atom stereocenters. The van der Waals surface area contributed by atoms with Crippen LogP contribution in [0.5, 0.6) is 0 Å². The first-order chi connectivity index (χ1) is 36.0. The molecule has 0 spiro atoms. The van der Waals surface area contributed by atoms with Crippen molar-refractivity contribution in [3.63, 3.8) is 0 Å². The first-order valence-electron chi connectivity index (χ1n) is 23.1. The molecule has 2 aromatic heterocycles. The summed E-state index contributed by atoms with van der Waals surface area (Å²) in [7, 11) is 1.30. The number of oxime groups is 1. The number of hydrogen-bond donors (Lipinski definition) is 3. The van der Waals surface area contributed by atoms with Crippen LogP contribution in [-0.2, 0) is 45.6 Å². The van der Waals surface area contributed by atoms with Gasteiger partial charge in [0.1, 0.15) is 42.1 Å². The Kier molecular flexibility index (Phi) is 15.5. The molecule has 0 bridgehead atoms. The lowest BCUT2D eigenvalue weighted by Gasteiger charge is -2.49. The van der Waals surface area contributed by atoms with Crippen LogP contribution in [0.3, 0.4) is 0 Å². The van der Waals surface area contributed by atoms with Crippen LogP contribution in [0.1, 0.15) is 58.8 Å². The molecular weight excluding hydrogens is 1000 g/mol. The van der Waals surface area contributed by atoms with Crippen molar-refractivity contribution in [3.8, 4) is 0 Å². The van der Waals surface area contributed by atoms with E-state index < -0.39 is 57.9 Å². The number of hydrogen-bond acceptors (Lipinski definition) is 16. The second-order valence-electron chi connectivity index (χ2n) is 16.8. The maximum atomic E-state index is 14.8. The SMILES string of the molecule is CON=C(C(=O)NC1C(=O)N2C(C(=O)OC(c3ccccc3)c3ccccc3)=C(CC(=S)c3n[nH]c(=O)c(=O)n3CCOC(C)=O)CSC12)c1csc(NC(c2ccccc2)(c2ccccc2)c2ccccc2)n1. The number of β-lactam (4-membered cyclic amide) rings is 1. The fraction of sp³-hybridized carbons (Fsp3) is 0.185. The second-order valence-corrected chi connectivity index (χ2v) is 19.3. The number of carbonyl (C=O) groups excluding carboxylic acids is 4. The predicted octanol–water partition coefficient (Wildman–Crippen LogP) is 6.50. The van der Waals surface area contributed by atoms with Crippen LogP contribution < -0.4 is 21.8 Å². The monoisotopic (exact) mass is 1050 g/mol. The first-order valence-corrected chi connectivity index (χ1v) is 25.5. The van der Waals surface area contributed by atoms with Gasteiger partial charge in [-0.3, -0.25) is 33.4 Å². The molecule has 17 nitrogen and oxygen atoms in total. The van der Waals surface area contributed by atoms with Gasteiger partial charge in [-0.1, -0.05) is 169 Å². The number of nitrogens with one attached hydrogen (secondary N) is 3. The molecule has 1 saturated heterocycles. The van der Waals surface area contributed by atoms with E-state index in [1.165, 1.54) is 42.0 Å². The van der Waals surface area contributed by atoms with Gasteiger partial charge in [0.15, 0.2) is 22.8 Å². The van der Waals surface area contributed by atoms with E-state index in [1.54, 1.807) is 5.38 Å². The number of thiocarbonyl (C=S) groups is 1. The molecule has 7 aromatic rings. The molecule has 20 heteroatoms. The Morgan fingerprint density at radius 3 is 1.93 bits per heavy atom. The minimum atomic E-state index is -1.14. The third-order valence-corrected chi connectivity index (χ3v) is 14.6. The number of benzene rings is 5. The number of amides is 2. The van der Waals surface area contributed by atoms with Crippen LogP contribution in [0.2, 0.25) is 0 Å². The van der Waals surface area contributed by atoms with Crippen molar-refractivity contribution >= 4 is 74.8 Å². The highest BCUT2D eigenvalue weighted by Crippen LogP contribution is 2.44. The van der Waals surface area contributed by atoms with Crippen LogP contribution in [0.4, 0.5) is 5.13 Å². The van der Waals surface area contributed by atoms with Gasteiger partial charge in [-0.2, -0.15) is 5.10 Å². The summed E-state index contributed by atoms with van der Waals surface area (Å²) in [5.74, 6) is -2.83. The summed E-state index contributed by atoms with van der Waals surface area (Å²) in [6.45, 7) is 0.716. The minimum absolute atomic E-state index is 0.0344. The van der Waals surface area contributed by atoms with Gasteiger partial charge in [-0.15, -0.1) is 23.1 Å². The number of carbonyl (C=O) groups is 4. The molecule has 3 N–H and O–H groups in total. The largest absolute Gasteiger partial charge is 0.464 e. The molecule has 0 aliphatic carbocycles. The number of esters is 2. The van der Waals surface area contributed by atoms with Crippen molar-refractivity contribution in [1.29, 1.82) is 0 Å². The highest BCUT2D eigenvalue weighted by atomic mass is 32.2. The molecule has 0 saturated carbocycles. The lowest BCUT2D eigenvalue weighted by atomic mass is 9.77. The average Bonchev–Trinajstić information content (AvgIpc) is 3.90. The summed E-state index contributed by atoms with van der Waals surface area (Å²) in [5, 5.41) is 18.2. The van der Waals surface area contributed by atoms with E-state index in [1.807, 2.05) is 152 Å². The number of aromatic amines is 1. The zero-order valence-corrected chi connectivity index (χ0v) is 42.2. The Morgan fingerprint density at radius 2 is 1.39 bits per heavy atom. The summed E-state index contributed by atoms with van der Waals surface area (Å²) in [6, 6.07) is 47.0. The summed E-state index contributed by atoms with van der Waals surface area (Å²) >= 11 is 8.35. The van der Waals surface area contributed by atoms with Crippen molar-refractivity contribution in [2.45, 2.75) is 42.9 Å². The van der Waals surface area contributed by atoms with Gasteiger partial charge in [-0.25, -0.2) is 14.9 Å². The molecule has 2 amide bonds. The highest BCUT2D eigenvalue weighted by Gasteiger charge is 2.55. The summed E-state index contributed by atoms with van der Waals surface area (Å²) in [5.41, 5.74) is 1.46. The van der Waals surface area contributed by atoms with E-state index in [9.17, 15) is 28.8 Å². The second kappa shape index (κ2) is 22.6. The number of fused-ring (bicyclic) bond motifs is 1. The normalized spacial score (nSPS) is 15.4. The molecule has 74 heavy (non-hydrogen) atoms. The van der Waals surface area contributed by atoms with Crippen molar-refractivity contribution in [3.05, 3.63) is 228 Å². The summed E-state index contributed by atoms with van der Waals surface area (Å²) in [4.78, 5) is 92.2. The Bertz CT molecular complexity index is 3250. The summed E-state index contributed by atoms with van der Waals surface area (Å²) in [6.07, 6.45) is -1.08. The van der Waals surface area contributed by atoms with Crippen LogP contribution in [-0.4, -0.2) is 89.9 Å². The zero-order valence-electron chi connectivity index (χ0n) is 39.7. The Labute approximate surface area is 437 Å².